The van der Waals surface area contributed by atoms with E-state index < -0.39 is 15.9 Å². The van der Waals surface area contributed by atoms with Gasteiger partial charge in [0.1, 0.15) is 5.75 Å². The molecule has 2 aliphatic rings. The quantitative estimate of drug-likeness (QED) is 0.698. The van der Waals surface area contributed by atoms with Crippen molar-refractivity contribution in [1.82, 2.24) is 14.7 Å². The lowest BCUT2D eigenvalue weighted by Crippen LogP contribution is -2.52. The zero-order valence-electron chi connectivity index (χ0n) is 18.3. The monoisotopic (exact) mass is 446 g/mol. The summed E-state index contributed by atoms with van der Waals surface area (Å²) in [5, 5.41) is 4.67. The highest BCUT2D eigenvalue weighted by atomic mass is 32.2. The molecular formula is C22H30N4O4S. The number of ether oxygens (including phenoxy) is 1. The third-order valence-corrected chi connectivity index (χ3v) is 7.90. The number of carbonyl (C=O) groups is 1. The van der Waals surface area contributed by atoms with E-state index in [1.54, 1.807) is 6.92 Å². The topological polar surface area (TPSA) is 84.7 Å². The first-order chi connectivity index (χ1) is 14.7. The second kappa shape index (κ2) is 8.53. The van der Waals surface area contributed by atoms with Crippen molar-refractivity contribution >= 4 is 21.4 Å². The zero-order chi connectivity index (χ0) is 22.2. The van der Waals surface area contributed by atoms with Crippen molar-refractivity contribution in [2.45, 2.75) is 39.3 Å². The molecule has 4 rings (SSSR count). The van der Waals surface area contributed by atoms with Crippen LogP contribution in [0.15, 0.2) is 30.3 Å². The largest absolute Gasteiger partial charge is 0.481 e. The van der Waals surface area contributed by atoms with Crippen LogP contribution in [0.2, 0.25) is 0 Å². The minimum absolute atomic E-state index is 0.0104. The van der Waals surface area contributed by atoms with Crippen LogP contribution in [0, 0.1) is 13.8 Å². The van der Waals surface area contributed by atoms with Crippen molar-refractivity contribution in [3.8, 4) is 5.75 Å². The van der Waals surface area contributed by atoms with Crippen molar-refractivity contribution in [3.63, 3.8) is 0 Å². The standard InChI is InChI=1S/C22H30N4O4S/c1-16-21(17(2)26(23-16)19-9-14-31(28,29)15-19)24-10-12-25(13-11-24)22(27)18(3)30-20-7-5-4-6-8-20/h4-8,18-19H,9-15H2,1-3H3/t18-,19+/m0/s1. The van der Waals surface area contributed by atoms with Gasteiger partial charge in [0.05, 0.1) is 34.6 Å². The van der Waals surface area contributed by atoms with Crippen LogP contribution >= 0.6 is 0 Å². The molecule has 0 spiro atoms. The summed E-state index contributed by atoms with van der Waals surface area (Å²) >= 11 is 0. The number of hydrogen-bond acceptors (Lipinski definition) is 6. The van der Waals surface area contributed by atoms with Crippen LogP contribution in [0.1, 0.15) is 30.8 Å². The molecule has 2 aliphatic heterocycles. The number of aromatic nitrogens is 2. The number of carbonyl (C=O) groups excluding carboxylic acids is 1. The summed E-state index contributed by atoms with van der Waals surface area (Å²) in [5.74, 6) is 1.07. The fourth-order valence-corrected chi connectivity index (χ4v) is 6.29. The maximum Gasteiger partial charge on any atom is 0.263 e. The van der Waals surface area contributed by atoms with Crippen LogP contribution in [0.5, 0.6) is 5.75 Å². The molecule has 2 fully saturated rings. The molecule has 2 aromatic rings. The Morgan fingerprint density at radius 3 is 2.42 bits per heavy atom. The van der Waals surface area contributed by atoms with Gasteiger partial charge in [-0.3, -0.25) is 9.48 Å². The van der Waals surface area contributed by atoms with Gasteiger partial charge in [-0.1, -0.05) is 18.2 Å². The Labute approximate surface area is 183 Å². The summed E-state index contributed by atoms with van der Waals surface area (Å²) in [6, 6.07) is 9.29. The van der Waals surface area contributed by atoms with Gasteiger partial charge in [-0.15, -0.1) is 0 Å². The summed E-state index contributed by atoms with van der Waals surface area (Å²) < 4.78 is 31.5. The number of benzene rings is 1. The molecule has 0 radical (unpaired) electrons. The Bertz CT molecular complexity index is 1040. The molecule has 2 atom stereocenters. The SMILES string of the molecule is Cc1nn([C@@H]2CCS(=O)(=O)C2)c(C)c1N1CCN(C(=O)[C@H](C)Oc2ccccc2)CC1. The summed E-state index contributed by atoms with van der Waals surface area (Å²) in [7, 11) is -2.97. The van der Waals surface area contributed by atoms with Gasteiger partial charge in [0, 0.05) is 26.2 Å². The summed E-state index contributed by atoms with van der Waals surface area (Å²) in [4.78, 5) is 16.9. The van der Waals surface area contributed by atoms with Crippen molar-refractivity contribution < 1.29 is 17.9 Å². The predicted molar refractivity (Wildman–Crippen MR) is 119 cm³/mol. The van der Waals surface area contributed by atoms with Crippen LogP contribution in [0.4, 0.5) is 5.69 Å². The molecule has 9 heteroatoms. The third kappa shape index (κ3) is 4.56. The van der Waals surface area contributed by atoms with E-state index in [1.807, 2.05) is 53.8 Å². The van der Waals surface area contributed by atoms with E-state index in [1.165, 1.54) is 0 Å². The Morgan fingerprint density at radius 1 is 1.13 bits per heavy atom. The van der Waals surface area contributed by atoms with Crippen LogP contribution in [-0.2, 0) is 14.6 Å². The molecule has 31 heavy (non-hydrogen) atoms. The van der Waals surface area contributed by atoms with Gasteiger partial charge in [-0.25, -0.2) is 8.42 Å². The van der Waals surface area contributed by atoms with Crippen LogP contribution in [0.25, 0.3) is 0 Å². The van der Waals surface area contributed by atoms with Crippen LogP contribution in [-0.4, -0.2) is 72.8 Å². The van der Waals surface area contributed by atoms with Gasteiger partial charge in [-0.05, 0) is 39.3 Å². The highest BCUT2D eigenvalue weighted by Crippen LogP contribution is 2.31. The van der Waals surface area contributed by atoms with E-state index in [4.69, 9.17) is 4.74 Å². The first-order valence-corrected chi connectivity index (χ1v) is 12.6. The number of rotatable bonds is 5. The predicted octanol–water partition coefficient (Wildman–Crippen LogP) is 1.98. The average molecular weight is 447 g/mol. The van der Waals surface area contributed by atoms with E-state index in [-0.39, 0.29) is 23.5 Å². The van der Waals surface area contributed by atoms with Gasteiger partial charge in [-0.2, -0.15) is 5.10 Å². The van der Waals surface area contributed by atoms with Gasteiger partial charge in [0.25, 0.3) is 5.91 Å². The van der Waals surface area contributed by atoms with Gasteiger partial charge in [0.15, 0.2) is 15.9 Å². The fourth-order valence-electron chi connectivity index (χ4n) is 4.60. The molecule has 1 aromatic carbocycles. The van der Waals surface area contributed by atoms with Crippen molar-refractivity contribution in [2.75, 3.05) is 42.6 Å². The lowest BCUT2D eigenvalue weighted by atomic mass is 10.2. The number of amides is 1. The van der Waals surface area contributed by atoms with Crippen LogP contribution < -0.4 is 9.64 Å². The first-order valence-electron chi connectivity index (χ1n) is 10.8. The third-order valence-electron chi connectivity index (χ3n) is 6.15. The normalized spacial score (nSPS) is 21.8. The molecule has 1 amide bonds. The Balaban J connectivity index is 1.39. The molecule has 168 valence electrons. The maximum atomic E-state index is 12.8. The van der Waals surface area contributed by atoms with Gasteiger partial charge < -0.3 is 14.5 Å². The van der Waals surface area contributed by atoms with Crippen LogP contribution in [0.3, 0.4) is 0 Å². The average Bonchev–Trinajstić information content (AvgIpc) is 3.26. The number of anilines is 1. The molecular weight excluding hydrogens is 416 g/mol. The maximum absolute atomic E-state index is 12.8. The van der Waals surface area contributed by atoms with Crippen molar-refractivity contribution in [3.05, 3.63) is 41.7 Å². The zero-order valence-corrected chi connectivity index (χ0v) is 19.1. The molecule has 2 saturated heterocycles. The summed E-state index contributed by atoms with van der Waals surface area (Å²) in [6.07, 6.45) is 0.0789. The van der Waals surface area contributed by atoms with E-state index in [9.17, 15) is 13.2 Å². The highest BCUT2D eigenvalue weighted by molar-refractivity contribution is 7.91. The second-order valence-electron chi connectivity index (χ2n) is 8.41. The van der Waals surface area contributed by atoms with Crippen molar-refractivity contribution in [2.24, 2.45) is 0 Å². The number of para-hydroxylation sites is 1. The lowest BCUT2D eigenvalue weighted by molar-refractivity contribution is -0.138. The number of hydrogen-bond donors (Lipinski definition) is 0. The Morgan fingerprint density at radius 2 is 1.81 bits per heavy atom. The summed E-state index contributed by atoms with van der Waals surface area (Å²) in [5.41, 5.74) is 2.97. The number of aryl methyl sites for hydroxylation is 1. The van der Waals surface area contributed by atoms with Gasteiger partial charge in [0.2, 0.25) is 0 Å². The minimum atomic E-state index is -2.97. The second-order valence-corrected chi connectivity index (χ2v) is 10.6. The van der Waals surface area contributed by atoms with E-state index in [0.717, 1.165) is 17.1 Å². The number of nitrogens with zero attached hydrogens (tertiary/aromatic N) is 4. The molecule has 0 aliphatic carbocycles. The van der Waals surface area contributed by atoms with E-state index in [0.29, 0.717) is 38.3 Å². The molecule has 3 heterocycles. The molecule has 0 unspecified atom stereocenters. The number of piperazine rings is 1. The van der Waals surface area contributed by atoms with Crippen molar-refractivity contribution in [1.29, 1.82) is 0 Å². The smallest absolute Gasteiger partial charge is 0.263 e. The lowest BCUT2D eigenvalue weighted by Gasteiger charge is -2.37. The Kier molecular flexibility index (Phi) is 5.96. The molecule has 0 bridgehead atoms. The van der Waals surface area contributed by atoms with E-state index in [2.05, 4.69) is 10.00 Å². The molecule has 0 N–H and O–H groups in total. The molecule has 1 aromatic heterocycles. The minimum Gasteiger partial charge on any atom is -0.481 e. The fraction of sp³-hybridized carbons (Fsp3) is 0.545. The first kappa shape index (κ1) is 21.7. The van der Waals surface area contributed by atoms with Gasteiger partial charge >= 0.3 is 0 Å². The highest BCUT2D eigenvalue weighted by Gasteiger charge is 2.33. The number of sulfone groups is 1. The molecule has 0 saturated carbocycles. The Hall–Kier alpha value is -2.55. The summed E-state index contributed by atoms with van der Waals surface area (Å²) in [6.45, 7) is 8.41. The molecule has 8 nitrogen and oxygen atoms in total. The van der Waals surface area contributed by atoms with E-state index >= 15 is 0 Å².